The summed E-state index contributed by atoms with van der Waals surface area (Å²) in [5.41, 5.74) is 5.24. The molecule has 0 heterocycles. The maximum absolute atomic E-state index is 10.3. The topological polar surface area (TPSA) is 72.5 Å². The number of hydrogen-bond donors (Lipinski definition) is 2. The predicted octanol–water partition coefficient (Wildman–Crippen LogP) is 1.13. The van der Waals surface area contributed by atoms with Crippen molar-refractivity contribution in [1.82, 2.24) is 0 Å². The number of rotatable bonds is 4. The minimum atomic E-state index is -1.08. The summed E-state index contributed by atoms with van der Waals surface area (Å²) in [6, 6.07) is 5.60. The SMILES string of the molecule is N[C@H](COc1ccc(Cl)cc1)C(=O)O. The van der Waals surface area contributed by atoms with Crippen LogP contribution in [0.25, 0.3) is 0 Å². The number of benzene rings is 1. The van der Waals surface area contributed by atoms with Crippen LogP contribution in [0, 0.1) is 0 Å². The first kappa shape index (κ1) is 10.8. The maximum atomic E-state index is 10.3. The van der Waals surface area contributed by atoms with Crippen molar-refractivity contribution in [3.05, 3.63) is 29.3 Å². The van der Waals surface area contributed by atoms with Crippen molar-refractivity contribution in [2.75, 3.05) is 6.61 Å². The number of carboxylic acids is 1. The molecule has 1 aromatic carbocycles. The van der Waals surface area contributed by atoms with E-state index >= 15 is 0 Å². The lowest BCUT2D eigenvalue weighted by Gasteiger charge is -2.08. The van der Waals surface area contributed by atoms with Gasteiger partial charge in [0.25, 0.3) is 0 Å². The molecule has 4 nitrogen and oxygen atoms in total. The highest BCUT2D eigenvalue weighted by atomic mass is 35.5. The lowest BCUT2D eigenvalue weighted by Crippen LogP contribution is -2.36. The third-order valence-corrected chi connectivity index (χ3v) is 1.81. The second-order valence-electron chi connectivity index (χ2n) is 2.71. The first-order chi connectivity index (χ1) is 6.59. The largest absolute Gasteiger partial charge is 0.491 e. The van der Waals surface area contributed by atoms with E-state index in [1.54, 1.807) is 24.3 Å². The van der Waals surface area contributed by atoms with Crippen LogP contribution in [0.3, 0.4) is 0 Å². The Bertz CT molecular complexity index is 312. The minimum Gasteiger partial charge on any atom is -0.491 e. The fraction of sp³-hybridized carbons (Fsp3) is 0.222. The molecule has 0 fully saturated rings. The van der Waals surface area contributed by atoms with Crippen LogP contribution < -0.4 is 10.5 Å². The molecule has 0 amide bonds. The van der Waals surface area contributed by atoms with Gasteiger partial charge in [0.2, 0.25) is 0 Å². The van der Waals surface area contributed by atoms with Crippen molar-refractivity contribution in [3.8, 4) is 5.75 Å². The van der Waals surface area contributed by atoms with Crippen LogP contribution in [-0.4, -0.2) is 23.7 Å². The average molecular weight is 216 g/mol. The second-order valence-corrected chi connectivity index (χ2v) is 3.15. The zero-order valence-corrected chi connectivity index (χ0v) is 8.07. The van der Waals surface area contributed by atoms with Crippen LogP contribution in [-0.2, 0) is 4.79 Å². The second kappa shape index (κ2) is 4.83. The van der Waals surface area contributed by atoms with E-state index in [9.17, 15) is 4.79 Å². The number of hydrogen-bond acceptors (Lipinski definition) is 3. The van der Waals surface area contributed by atoms with E-state index in [0.717, 1.165) is 0 Å². The number of carbonyl (C=O) groups is 1. The van der Waals surface area contributed by atoms with Gasteiger partial charge >= 0.3 is 5.97 Å². The molecule has 0 radical (unpaired) electrons. The van der Waals surface area contributed by atoms with E-state index in [1.165, 1.54) is 0 Å². The molecule has 0 saturated carbocycles. The Hall–Kier alpha value is -1.26. The van der Waals surface area contributed by atoms with Crippen LogP contribution in [0.1, 0.15) is 0 Å². The summed E-state index contributed by atoms with van der Waals surface area (Å²) in [5.74, 6) is -0.537. The van der Waals surface area contributed by atoms with Crippen molar-refractivity contribution < 1.29 is 14.6 Å². The Morgan fingerprint density at radius 2 is 2.07 bits per heavy atom. The van der Waals surface area contributed by atoms with Crippen LogP contribution in [0.5, 0.6) is 5.75 Å². The summed E-state index contributed by atoms with van der Waals surface area (Å²) in [7, 11) is 0. The Kier molecular flexibility index (Phi) is 3.73. The standard InChI is InChI=1S/C9H10ClNO3/c10-6-1-3-7(4-2-6)14-5-8(11)9(12)13/h1-4,8H,5,11H2,(H,12,13)/t8-/m1/s1. The molecule has 14 heavy (non-hydrogen) atoms. The third-order valence-electron chi connectivity index (χ3n) is 1.56. The Balaban J connectivity index is 2.46. The molecule has 1 atom stereocenters. The van der Waals surface area contributed by atoms with E-state index < -0.39 is 12.0 Å². The molecule has 0 unspecified atom stereocenters. The van der Waals surface area contributed by atoms with Crippen LogP contribution >= 0.6 is 11.6 Å². The number of nitrogens with two attached hydrogens (primary N) is 1. The van der Waals surface area contributed by atoms with E-state index in [1.807, 2.05) is 0 Å². The van der Waals surface area contributed by atoms with Gasteiger partial charge in [0.15, 0.2) is 0 Å². The van der Waals surface area contributed by atoms with Crippen molar-refractivity contribution in [1.29, 1.82) is 0 Å². The van der Waals surface area contributed by atoms with Gasteiger partial charge < -0.3 is 15.6 Å². The lowest BCUT2D eigenvalue weighted by atomic mass is 10.3. The molecule has 3 N–H and O–H groups in total. The Labute approximate surface area is 86.2 Å². The number of halogens is 1. The van der Waals surface area contributed by atoms with Crippen LogP contribution in [0.2, 0.25) is 5.02 Å². The van der Waals surface area contributed by atoms with Crippen molar-refractivity contribution >= 4 is 17.6 Å². The van der Waals surface area contributed by atoms with Gasteiger partial charge in [-0.2, -0.15) is 0 Å². The van der Waals surface area contributed by atoms with Crippen LogP contribution in [0.15, 0.2) is 24.3 Å². The smallest absolute Gasteiger partial charge is 0.324 e. The third kappa shape index (κ3) is 3.24. The zero-order chi connectivity index (χ0) is 10.6. The highest BCUT2D eigenvalue weighted by Gasteiger charge is 2.11. The number of ether oxygens (including phenoxy) is 1. The normalized spacial score (nSPS) is 12.1. The summed E-state index contributed by atoms with van der Waals surface area (Å²) < 4.78 is 5.12. The maximum Gasteiger partial charge on any atom is 0.324 e. The number of aliphatic carboxylic acids is 1. The molecule has 1 rings (SSSR count). The van der Waals surface area contributed by atoms with Crippen molar-refractivity contribution in [3.63, 3.8) is 0 Å². The van der Waals surface area contributed by atoms with Gasteiger partial charge in [-0.05, 0) is 24.3 Å². The lowest BCUT2D eigenvalue weighted by molar-refractivity contribution is -0.139. The molecule has 0 aromatic heterocycles. The van der Waals surface area contributed by atoms with Gasteiger partial charge in [0.1, 0.15) is 18.4 Å². The van der Waals surface area contributed by atoms with E-state index in [0.29, 0.717) is 10.8 Å². The molecule has 0 saturated heterocycles. The molecule has 76 valence electrons. The van der Waals surface area contributed by atoms with E-state index in [4.69, 9.17) is 27.2 Å². The highest BCUT2D eigenvalue weighted by Crippen LogP contribution is 2.15. The van der Waals surface area contributed by atoms with Gasteiger partial charge in [-0.1, -0.05) is 11.6 Å². The van der Waals surface area contributed by atoms with Gasteiger partial charge in [-0.25, -0.2) is 0 Å². The number of carboxylic acid groups (broad SMARTS) is 1. The summed E-state index contributed by atoms with van der Waals surface area (Å²) >= 11 is 5.65. The molecule has 0 aliphatic heterocycles. The molecular weight excluding hydrogens is 206 g/mol. The average Bonchev–Trinajstić information content (AvgIpc) is 2.16. The summed E-state index contributed by atoms with van der Waals surface area (Å²) in [6.45, 7) is -0.0586. The fourth-order valence-corrected chi connectivity index (χ4v) is 0.914. The molecule has 0 spiro atoms. The summed E-state index contributed by atoms with van der Waals surface area (Å²) in [6.07, 6.45) is 0. The van der Waals surface area contributed by atoms with Gasteiger partial charge in [-0.3, -0.25) is 4.79 Å². The van der Waals surface area contributed by atoms with Gasteiger partial charge in [0.05, 0.1) is 0 Å². The minimum absolute atomic E-state index is 0.0586. The molecule has 5 heteroatoms. The van der Waals surface area contributed by atoms with Gasteiger partial charge in [0, 0.05) is 5.02 Å². The van der Waals surface area contributed by atoms with Crippen molar-refractivity contribution in [2.24, 2.45) is 5.73 Å². The Morgan fingerprint density at radius 3 is 2.57 bits per heavy atom. The van der Waals surface area contributed by atoms with E-state index in [-0.39, 0.29) is 6.61 Å². The molecule has 0 aliphatic rings. The monoisotopic (exact) mass is 215 g/mol. The van der Waals surface area contributed by atoms with Gasteiger partial charge in [-0.15, -0.1) is 0 Å². The fourth-order valence-electron chi connectivity index (χ4n) is 0.788. The molecule has 0 bridgehead atoms. The van der Waals surface area contributed by atoms with E-state index in [2.05, 4.69) is 0 Å². The Morgan fingerprint density at radius 1 is 1.50 bits per heavy atom. The first-order valence-electron chi connectivity index (χ1n) is 3.96. The zero-order valence-electron chi connectivity index (χ0n) is 7.31. The predicted molar refractivity (Wildman–Crippen MR) is 52.6 cm³/mol. The first-order valence-corrected chi connectivity index (χ1v) is 4.34. The van der Waals surface area contributed by atoms with Crippen LogP contribution in [0.4, 0.5) is 0 Å². The molecular formula is C9H10ClNO3. The van der Waals surface area contributed by atoms with Crippen molar-refractivity contribution in [2.45, 2.75) is 6.04 Å². The highest BCUT2D eigenvalue weighted by molar-refractivity contribution is 6.30. The quantitative estimate of drug-likeness (QED) is 0.790. The molecule has 0 aliphatic carbocycles. The summed E-state index contributed by atoms with van der Waals surface area (Å²) in [5, 5.41) is 9.08. The molecule has 1 aromatic rings. The summed E-state index contributed by atoms with van der Waals surface area (Å²) in [4.78, 5) is 10.3.